The van der Waals surface area contributed by atoms with E-state index in [2.05, 4.69) is 27.7 Å². The summed E-state index contributed by atoms with van der Waals surface area (Å²) in [6.45, 7) is 8.75. The lowest BCUT2D eigenvalue weighted by molar-refractivity contribution is 0.383. The van der Waals surface area contributed by atoms with Crippen LogP contribution in [0.15, 0.2) is 0 Å². The van der Waals surface area contributed by atoms with Crippen molar-refractivity contribution in [3.63, 3.8) is 0 Å². The first-order valence-electron chi connectivity index (χ1n) is 6.47. The Morgan fingerprint density at radius 3 is 2.62 bits per heavy atom. The zero-order valence-corrected chi connectivity index (χ0v) is 10.9. The van der Waals surface area contributed by atoms with Crippen LogP contribution in [0.2, 0.25) is 0 Å². The molecule has 0 radical (unpaired) electrons. The molecule has 0 saturated carbocycles. The second kappa shape index (κ2) is 4.52. The lowest BCUT2D eigenvalue weighted by Gasteiger charge is -2.28. The molecule has 2 atom stereocenters. The van der Waals surface area contributed by atoms with Gasteiger partial charge in [0.1, 0.15) is 0 Å². The highest BCUT2D eigenvalue weighted by atomic mass is 14.9. The average Bonchev–Trinajstić information content (AvgIpc) is 2.29. The Bertz CT molecular complexity index is 385. The van der Waals surface area contributed by atoms with Crippen molar-refractivity contribution in [2.45, 2.75) is 59.3 Å². The summed E-state index contributed by atoms with van der Waals surface area (Å²) in [4.78, 5) is 9.52. The van der Waals surface area contributed by atoms with E-state index < -0.39 is 0 Å². The quantitative estimate of drug-likeness (QED) is 0.758. The lowest BCUT2D eigenvalue weighted by Crippen LogP contribution is -2.20. The number of rotatable bonds is 2. The molecule has 1 aromatic heterocycles. The molecular weight excluding hydrogens is 196 g/mol. The minimum Gasteiger partial charge on any atom is -0.254 e. The molecule has 0 bridgehead atoms. The molecule has 1 aliphatic carbocycles. The normalized spacial score (nSPS) is 21.6. The molecule has 0 spiro atoms. The Morgan fingerprint density at radius 2 is 1.94 bits per heavy atom. The molecule has 2 heteroatoms. The third-order valence-electron chi connectivity index (χ3n) is 4.02. The van der Waals surface area contributed by atoms with Crippen LogP contribution in [0.25, 0.3) is 0 Å². The van der Waals surface area contributed by atoms with Gasteiger partial charge in [-0.25, -0.2) is 0 Å². The number of aromatic nitrogens is 2. The monoisotopic (exact) mass is 218 g/mol. The summed E-state index contributed by atoms with van der Waals surface area (Å²) in [6.07, 6.45) is 4.92. The molecule has 88 valence electrons. The van der Waals surface area contributed by atoms with E-state index in [1.807, 2.05) is 0 Å². The highest BCUT2D eigenvalue weighted by Gasteiger charge is 2.27. The fourth-order valence-electron chi connectivity index (χ4n) is 2.61. The van der Waals surface area contributed by atoms with E-state index in [0.29, 0.717) is 5.92 Å². The van der Waals surface area contributed by atoms with Crippen molar-refractivity contribution in [2.75, 3.05) is 0 Å². The molecule has 16 heavy (non-hydrogen) atoms. The Labute approximate surface area is 98.5 Å². The Kier molecular flexibility index (Phi) is 3.27. The second-order valence-corrected chi connectivity index (χ2v) is 5.11. The van der Waals surface area contributed by atoms with Crippen LogP contribution in [-0.4, -0.2) is 9.97 Å². The molecule has 0 aliphatic heterocycles. The van der Waals surface area contributed by atoms with E-state index in [1.165, 1.54) is 30.7 Å². The van der Waals surface area contributed by atoms with Crippen molar-refractivity contribution in [1.29, 1.82) is 0 Å². The summed E-state index contributed by atoms with van der Waals surface area (Å²) in [7, 11) is 0. The Hall–Kier alpha value is -0.920. The first kappa shape index (κ1) is 11.6. The molecule has 2 nitrogen and oxygen atoms in total. The van der Waals surface area contributed by atoms with Gasteiger partial charge in [-0.2, -0.15) is 0 Å². The third-order valence-corrected chi connectivity index (χ3v) is 4.02. The van der Waals surface area contributed by atoms with E-state index in [-0.39, 0.29) is 0 Å². The predicted octanol–water partition coefficient (Wildman–Crippen LogP) is 3.56. The van der Waals surface area contributed by atoms with E-state index in [4.69, 9.17) is 9.97 Å². The van der Waals surface area contributed by atoms with Crippen LogP contribution in [0.1, 0.15) is 61.8 Å². The molecule has 0 saturated heterocycles. The zero-order chi connectivity index (χ0) is 11.7. The van der Waals surface area contributed by atoms with E-state index in [9.17, 15) is 0 Å². The molecule has 2 rings (SSSR count). The van der Waals surface area contributed by atoms with Crippen molar-refractivity contribution in [3.05, 3.63) is 22.8 Å². The minimum absolute atomic E-state index is 0.639. The summed E-state index contributed by atoms with van der Waals surface area (Å²) in [5.41, 5.74) is 4.76. The molecule has 0 fully saturated rings. The van der Waals surface area contributed by atoms with Crippen molar-refractivity contribution in [2.24, 2.45) is 5.92 Å². The van der Waals surface area contributed by atoms with Crippen molar-refractivity contribution >= 4 is 0 Å². The number of nitrogens with zero attached hydrogens (tertiary/aromatic N) is 2. The molecule has 1 aliphatic rings. The minimum atomic E-state index is 0.639. The van der Waals surface area contributed by atoms with Gasteiger partial charge in [-0.1, -0.05) is 20.3 Å². The van der Waals surface area contributed by atoms with Gasteiger partial charge in [0.25, 0.3) is 0 Å². The molecule has 0 aromatic carbocycles. The largest absolute Gasteiger partial charge is 0.254 e. The number of aryl methyl sites for hydroxylation is 3. The summed E-state index contributed by atoms with van der Waals surface area (Å²) < 4.78 is 0. The van der Waals surface area contributed by atoms with Crippen LogP contribution in [0.4, 0.5) is 0 Å². The van der Waals surface area contributed by atoms with E-state index in [1.54, 1.807) is 0 Å². The second-order valence-electron chi connectivity index (χ2n) is 5.11. The van der Waals surface area contributed by atoms with Crippen LogP contribution < -0.4 is 0 Å². The summed E-state index contributed by atoms with van der Waals surface area (Å²) >= 11 is 0. The molecule has 2 unspecified atom stereocenters. The fraction of sp³-hybridized carbons (Fsp3) is 0.714. The van der Waals surface area contributed by atoms with Crippen LogP contribution in [0, 0.1) is 19.8 Å². The van der Waals surface area contributed by atoms with Gasteiger partial charge in [0, 0.05) is 5.92 Å². The number of fused-ring (bicyclic) bond motifs is 1. The summed E-state index contributed by atoms with van der Waals surface area (Å²) in [6, 6.07) is 0. The van der Waals surface area contributed by atoms with Crippen LogP contribution in [0.5, 0.6) is 0 Å². The van der Waals surface area contributed by atoms with Gasteiger partial charge in [-0.3, -0.25) is 9.97 Å². The van der Waals surface area contributed by atoms with Gasteiger partial charge in [0.15, 0.2) is 0 Å². The lowest BCUT2D eigenvalue weighted by atomic mass is 9.80. The number of hydrogen-bond donors (Lipinski definition) is 0. The molecular formula is C14H22N2. The first-order chi connectivity index (χ1) is 7.63. The van der Waals surface area contributed by atoms with Crippen LogP contribution in [0.3, 0.4) is 0 Å². The highest BCUT2D eigenvalue weighted by molar-refractivity contribution is 5.25. The molecule has 1 aromatic rings. The topological polar surface area (TPSA) is 25.8 Å². The molecule has 1 heterocycles. The molecule has 0 N–H and O–H groups in total. The van der Waals surface area contributed by atoms with Crippen LogP contribution >= 0.6 is 0 Å². The maximum absolute atomic E-state index is 4.80. The summed E-state index contributed by atoms with van der Waals surface area (Å²) in [5.74, 6) is 1.37. The van der Waals surface area contributed by atoms with Crippen LogP contribution in [-0.2, 0) is 6.42 Å². The van der Waals surface area contributed by atoms with Gasteiger partial charge < -0.3 is 0 Å². The van der Waals surface area contributed by atoms with Gasteiger partial charge in [-0.15, -0.1) is 0 Å². The van der Waals surface area contributed by atoms with E-state index in [0.717, 1.165) is 23.7 Å². The first-order valence-corrected chi connectivity index (χ1v) is 6.47. The van der Waals surface area contributed by atoms with Gasteiger partial charge in [0.2, 0.25) is 0 Å². The maximum Gasteiger partial charge on any atom is 0.0655 e. The standard InChI is InChI=1S/C14H22N2/c1-5-9(2)12-7-6-8-13-14(12)16-11(4)10(3)15-13/h9,12H,5-8H2,1-4H3. The Balaban J connectivity index is 2.41. The van der Waals surface area contributed by atoms with Gasteiger partial charge >= 0.3 is 0 Å². The average molecular weight is 218 g/mol. The predicted molar refractivity (Wildman–Crippen MR) is 66.6 cm³/mol. The van der Waals surface area contributed by atoms with Gasteiger partial charge in [0.05, 0.1) is 22.8 Å². The summed E-state index contributed by atoms with van der Waals surface area (Å²) in [5, 5.41) is 0. The highest BCUT2D eigenvalue weighted by Crippen LogP contribution is 2.36. The smallest absolute Gasteiger partial charge is 0.0655 e. The number of hydrogen-bond acceptors (Lipinski definition) is 2. The van der Waals surface area contributed by atoms with Crippen molar-refractivity contribution in [1.82, 2.24) is 9.97 Å². The molecule has 0 amide bonds. The maximum atomic E-state index is 4.80. The Morgan fingerprint density at radius 1 is 1.25 bits per heavy atom. The SMILES string of the molecule is CCC(C)C1CCCc2nc(C)c(C)nc21. The van der Waals surface area contributed by atoms with Gasteiger partial charge in [-0.05, 0) is 39.0 Å². The van der Waals surface area contributed by atoms with Crippen molar-refractivity contribution < 1.29 is 0 Å². The third kappa shape index (κ3) is 1.98. The van der Waals surface area contributed by atoms with E-state index >= 15 is 0 Å². The fourth-order valence-corrected chi connectivity index (χ4v) is 2.61. The van der Waals surface area contributed by atoms with Crippen molar-refractivity contribution in [3.8, 4) is 0 Å². The zero-order valence-electron chi connectivity index (χ0n) is 10.9.